The van der Waals surface area contributed by atoms with Crippen LogP contribution in [0.1, 0.15) is 24.7 Å². The molecule has 0 aliphatic carbocycles. The second kappa shape index (κ2) is 10.3. The minimum Gasteiger partial charge on any atom is -0.493 e. The molecule has 31 heavy (non-hydrogen) atoms. The first-order valence-electron chi connectivity index (χ1n) is 9.77. The van der Waals surface area contributed by atoms with Crippen molar-refractivity contribution >= 4 is 33.0 Å². The standard InChI is InChI=1S/C23H24BrN3O4/c1-5-7-21-26-18-9-8-16(24)13-17(18)23(28)27(21)25-14-15-11-19(29-3)22(31-10-6-2)20(12-15)30-4/h6,8-9,11-14H,2,5,7,10H2,1,3-4H3. The maximum Gasteiger partial charge on any atom is 0.282 e. The van der Waals surface area contributed by atoms with Crippen molar-refractivity contribution in [2.45, 2.75) is 19.8 Å². The lowest BCUT2D eigenvalue weighted by Gasteiger charge is -2.14. The lowest BCUT2D eigenvalue weighted by molar-refractivity contribution is 0.301. The quantitative estimate of drug-likeness (QED) is 0.327. The minimum absolute atomic E-state index is 0.226. The fourth-order valence-corrected chi connectivity index (χ4v) is 3.44. The van der Waals surface area contributed by atoms with Crippen molar-refractivity contribution in [1.82, 2.24) is 9.66 Å². The Balaban J connectivity index is 2.10. The molecule has 1 aromatic heterocycles. The molecule has 162 valence electrons. The Hall–Kier alpha value is -3.13. The van der Waals surface area contributed by atoms with E-state index in [0.717, 1.165) is 10.9 Å². The Labute approximate surface area is 189 Å². The molecule has 2 aromatic carbocycles. The molecule has 0 amide bonds. The summed E-state index contributed by atoms with van der Waals surface area (Å²) in [5.41, 5.74) is 1.11. The SMILES string of the molecule is C=CCOc1c(OC)cc(C=Nn2c(CCC)nc3ccc(Br)cc3c2=O)cc1OC. The molecular weight excluding hydrogens is 462 g/mol. The fraction of sp³-hybridized carbons (Fsp3) is 0.261. The van der Waals surface area contributed by atoms with E-state index in [4.69, 9.17) is 14.2 Å². The molecule has 0 spiro atoms. The van der Waals surface area contributed by atoms with Crippen molar-refractivity contribution in [3.63, 3.8) is 0 Å². The molecule has 0 aliphatic heterocycles. The molecule has 0 atom stereocenters. The minimum atomic E-state index is -0.226. The largest absolute Gasteiger partial charge is 0.493 e. The number of hydrogen-bond acceptors (Lipinski definition) is 6. The zero-order valence-corrected chi connectivity index (χ0v) is 19.3. The topological polar surface area (TPSA) is 74.9 Å². The summed E-state index contributed by atoms with van der Waals surface area (Å²) in [6, 6.07) is 8.97. The van der Waals surface area contributed by atoms with Crippen LogP contribution in [0, 0.1) is 0 Å². The van der Waals surface area contributed by atoms with Gasteiger partial charge in [0.15, 0.2) is 11.5 Å². The van der Waals surface area contributed by atoms with E-state index in [-0.39, 0.29) is 5.56 Å². The Morgan fingerprint density at radius 1 is 1.19 bits per heavy atom. The van der Waals surface area contributed by atoms with E-state index < -0.39 is 0 Å². The van der Waals surface area contributed by atoms with Gasteiger partial charge in [0.05, 0.1) is 31.3 Å². The summed E-state index contributed by atoms with van der Waals surface area (Å²) in [6.45, 7) is 6.00. The molecule has 0 aliphatic rings. The van der Waals surface area contributed by atoms with Crippen LogP contribution in [-0.2, 0) is 6.42 Å². The summed E-state index contributed by atoms with van der Waals surface area (Å²) in [5, 5.41) is 4.95. The highest BCUT2D eigenvalue weighted by Gasteiger charge is 2.14. The summed E-state index contributed by atoms with van der Waals surface area (Å²) in [6.07, 6.45) is 4.68. The van der Waals surface area contributed by atoms with Crippen molar-refractivity contribution in [3.05, 3.63) is 69.2 Å². The number of hydrogen-bond donors (Lipinski definition) is 0. The predicted octanol–water partition coefficient (Wildman–Crippen LogP) is 4.58. The number of benzene rings is 2. The molecule has 3 rings (SSSR count). The Bertz CT molecular complexity index is 1160. The molecule has 0 radical (unpaired) electrons. The first-order chi connectivity index (χ1) is 15.0. The van der Waals surface area contributed by atoms with Gasteiger partial charge in [0, 0.05) is 16.5 Å². The zero-order valence-electron chi connectivity index (χ0n) is 17.7. The molecule has 0 unspecified atom stereocenters. The smallest absolute Gasteiger partial charge is 0.282 e. The normalized spacial score (nSPS) is 11.1. The van der Waals surface area contributed by atoms with Gasteiger partial charge in [-0.15, -0.1) is 0 Å². The van der Waals surface area contributed by atoms with E-state index in [1.165, 1.54) is 4.68 Å². The van der Waals surface area contributed by atoms with Gasteiger partial charge < -0.3 is 14.2 Å². The third kappa shape index (κ3) is 4.96. The van der Waals surface area contributed by atoms with Gasteiger partial charge in [0.1, 0.15) is 12.4 Å². The first-order valence-corrected chi connectivity index (χ1v) is 10.6. The second-order valence-corrected chi connectivity index (χ2v) is 7.57. The average Bonchev–Trinajstić information content (AvgIpc) is 2.77. The van der Waals surface area contributed by atoms with Crippen molar-refractivity contribution in [1.29, 1.82) is 0 Å². The lowest BCUT2D eigenvalue weighted by atomic mass is 10.2. The number of ether oxygens (including phenoxy) is 3. The van der Waals surface area contributed by atoms with Crippen molar-refractivity contribution in [2.24, 2.45) is 5.10 Å². The van der Waals surface area contributed by atoms with Gasteiger partial charge in [-0.3, -0.25) is 4.79 Å². The molecule has 8 heteroatoms. The first kappa shape index (κ1) is 22.6. The van der Waals surface area contributed by atoms with Crippen molar-refractivity contribution in [3.8, 4) is 17.2 Å². The monoisotopic (exact) mass is 485 g/mol. The molecule has 0 saturated heterocycles. The molecule has 1 heterocycles. The molecule has 0 fully saturated rings. The van der Waals surface area contributed by atoms with Crippen LogP contribution in [0.2, 0.25) is 0 Å². The highest BCUT2D eigenvalue weighted by molar-refractivity contribution is 9.10. The van der Waals surface area contributed by atoms with Gasteiger partial charge in [-0.05, 0) is 36.8 Å². The molecule has 7 nitrogen and oxygen atoms in total. The maximum atomic E-state index is 13.1. The number of halogens is 1. The fourth-order valence-electron chi connectivity index (χ4n) is 3.08. The Morgan fingerprint density at radius 2 is 1.90 bits per heavy atom. The predicted molar refractivity (Wildman–Crippen MR) is 126 cm³/mol. The summed E-state index contributed by atoms with van der Waals surface area (Å²) in [7, 11) is 3.09. The summed E-state index contributed by atoms with van der Waals surface area (Å²) in [5.74, 6) is 2.06. The number of fused-ring (bicyclic) bond motifs is 1. The van der Waals surface area contributed by atoms with Crippen LogP contribution in [0.25, 0.3) is 10.9 Å². The van der Waals surface area contributed by atoms with Crippen LogP contribution < -0.4 is 19.8 Å². The van der Waals surface area contributed by atoms with Crippen LogP contribution in [0.3, 0.4) is 0 Å². The van der Waals surface area contributed by atoms with Crippen LogP contribution in [0.15, 0.2) is 57.4 Å². The van der Waals surface area contributed by atoms with E-state index in [0.29, 0.717) is 52.6 Å². The van der Waals surface area contributed by atoms with E-state index in [2.05, 4.69) is 32.6 Å². The zero-order chi connectivity index (χ0) is 22.4. The number of methoxy groups -OCH3 is 2. The van der Waals surface area contributed by atoms with E-state index in [1.807, 2.05) is 19.1 Å². The molecule has 0 bridgehead atoms. The second-order valence-electron chi connectivity index (χ2n) is 6.66. The molecule has 3 aromatic rings. The number of aromatic nitrogens is 2. The van der Waals surface area contributed by atoms with Gasteiger partial charge >= 0.3 is 0 Å². The van der Waals surface area contributed by atoms with Gasteiger partial charge in [0.2, 0.25) is 5.75 Å². The summed E-state index contributed by atoms with van der Waals surface area (Å²) < 4.78 is 18.7. The van der Waals surface area contributed by atoms with E-state index in [9.17, 15) is 4.79 Å². The molecular formula is C23H24BrN3O4. The summed E-state index contributed by atoms with van der Waals surface area (Å²) >= 11 is 3.41. The Kier molecular flexibility index (Phi) is 7.46. The van der Waals surface area contributed by atoms with E-state index in [1.54, 1.807) is 44.7 Å². The van der Waals surface area contributed by atoms with Crippen LogP contribution in [-0.4, -0.2) is 36.7 Å². The van der Waals surface area contributed by atoms with Gasteiger partial charge in [-0.1, -0.05) is 35.5 Å². The van der Waals surface area contributed by atoms with Gasteiger partial charge in [-0.25, -0.2) is 4.98 Å². The number of nitrogens with zero attached hydrogens (tertiary/aromatic N) is 3. The van der Waals surface area contributed by atoms with Crippen molar-refractivity contribution < 1.29 is 14.2 Å². The van der Waals surface area contributed by atoms with Crippen molar-refractivity contribution in [2.75, 3.05) is 20.8 Å². The number of aryl methyl sites for hydroxylation is 1. The van der Waals surface area contributed by atoms with Crippen LogP contribution in [0.5, 0.6) is 17.2 Å². The van der Waals surface area contributed by atoms with Gasteiger partial charge in [-0.2, -0.15) is 9.78 Å². The van der Waals surface area contributed by atoms with Gasteiger partial charge in [0.25, 0.3) is 5.56 Å². The Morgan fingerprint density at radius 3 is 2.52 bits per heavy atom. The van der Waals surface area contributed by atoms with Crippen LogP contribution >= 0.6 is 15.9 Å². The lowest BCUT2D eigenvalue weighted by Crippen LogP contribution is -2.22. The van der Waals surface area contributed by atoms with E-state index >= 15 is 0 Å². The third-order valence-corrected chi connectivity index (χ3v) is 4.99. The van der Waals surface area contributed by atoms with Crippen LogP contribution in [0.4, 0.5) is 0 Å². The average molecular weight is 486 g/mol. The molecule has 0 N–H and O–H groups in total. The maximum absolute atomic E-state index is 13.1. The third-order valence-electron chi connectivity index (χ3n) is 4.50. The highest BCUT2D eigenvalue weighted by atomic mass is 79.9. The number of rotatable bonds is 9. The highest BCUT2D eigenvalue weighted by Crippen LogP contribution is 2.38. The molecule has 0 saturated carbocycles. The summed E-state index contributed by atoms with van der Waals surface area (Å²) in [4.78, 5) is 17.8.